The normalized spacial score (nSPS) is 20.6. The van der Waals surface area contributed by atoms with Crippen LogP contribution in [-0.4, -0.2) is 18.2 Å². The van der Waals surface area contributed by atoms with E-state index in [1.54, 1.807) is 11.0 Å². The highest BCUT2D eigenvalue weighted by atomic mass is 79.9. The molecule has 1 aliphatic heterocycles. The summed E-state index contributed by atoms with van der Waals surface area (Å²) in [6.45, 7) is 0.746. The number of thiol groups is 1. The van der Waals surface area contributed by atoms with Gasteiger partial charge in [-0.3, -0.25) is 4.79 Å². The van der Waals surface area contributed by atoms with Gasteiger partial charge in [-0.25, -0.2) is 0 Å². The Morgan fingerprint density at radius 3 is 2.88 bits per heavy atom. The van der Waals surface area contributed by atoms with E-state index in [0.29, 0.717) is 17.4 Å². The Bertz CT molecular complexity index is 426. The number of nitrogens with zero attached hydrogens (tertiary/aromatic N) is 1. The van der Waals surface area contributed by atoms with Crippen molar-refractivity contribution in [2.24, 2.45) is 5.92 Å². The Labute approximate surface area is 113 Å². The van der Waals surface area contributed by atoms with E-state index in [9.17, 15) is 4.79 Å². The first kappa shape index (κ1) is 12.3. The molecule has 1 aromatic carbocycles. The molecule has 1 saturated heterocycles. The predicted octanol–water partition coefficient (Wildman–Crippen LogP) is 3.39. The molecule has 1 unspecified atom stereocenters. The first-order chi connectivity index (χ1) is 7.61. The van der Waals surface area contributed by atoms with Gasteiger partial charge in [0.1, 0.15) is 0 Å². The highest BCUT2D eigenvalue weighted by Gasteiger charge is 2.29. The Balaban J connectivity index is 2.24. The van der Waals surface area contributed by atoms with Crippen molar-refractivity contribution in [3.05, 3.63) is 27.7 Å². The molecule has 16 heavy (non-hydrogen) atoms. The number of benzene rings is 1. The van der Waals surface area contributed by atoms with Gasteiger partial charge in [0, 0.05) is 23.1 Å². The number of carbonyl (C=O) groups is 1. The second kappa shape index (κ2) is 4.98. The summed E-state index contributed by atoms with van der Waals surface area (Å²) in [4.78, 5) is 13.6. The summed E-state index contributed by atoms with van der Waals surface area (Å²) in [5, 5.41) is 0.654. The second-order valence-electron chi connectivity index (χ2n) is 3.86. The molecule has 0 aromatic heterocycles. The minimum atomic E-state index is 0.160. The first-order valence-electron chi connectivity index (χ1n) is 4.98. The summed E-state index contributed by atoms with van der Waals surface area (Å²) < 4.78 is 0.814. The Morgan fingerprint density at radius 2 is 2.31 bits per heavy atom. The zero-order valence-corrected chi connectivity index (χ0v) is 11.7. The van der Waals surface area contributed by atoms with Gasteiger partial charge in [-0.15, -0.1) is 0 Å². The summed E-state index contributed by atoms with van der Waals surface area (Å²) in [5.74, 6) is 1.26. The molecule has 2 rings (SSSR count). The Kier molecular flexibility index (Phi) is 3.82. The summed E-state index contributed by atoms with van der Waals surface area (Å²) in [6, 6.07) is 5.54. The third-order valence-electron chi connectivity index (χ3n) is 2.68. The number of rotatable bonds is 2. The van der Waals surface area contributed by atoms with Gasteiger partial charge in [0.25, 0.3) is 0 Å². The summed E-state index contributed by atoms with van der Waals surface area (Å²) >= 11 is 13.5. The smallest absolute Gasteiger partial charge is 0.227 e. The van der Waals surface area contributed by atoms with Crippen LogP contribution >= 0.6 is 40.2 Å². The van der Waals surface area contributed by atoms with Crippen LogP contribution in [0.1, 0.15) is 6.42 Å². The first-order valence-corrected chi connectivity index (χ1v) is 6.78. The number of carbonyl (C=O) groups excluding carboxylic acids is 1. The fraction of sp³-hybridized carbons (Fsp3) is 0.364. The monoisotopic (exact) mass is 319 g/mol. The van der Waals surface area contributed by atoms with E-state index in [-0.39, 0.29) is 5.91 Å². The molecular weight excluding hydrogens is 310 g/mol. The lowest BCUT2D eigenvalue weighted by Gasteiger charge is -2.17. The van der Waals surface area contributed by atoms with Crippen LogP contribution in [0.15, 0.2) is 22.7 Å². The van der Waals surface area contributed by atoms with Gasteiger partial charge in [0.2, 0.25) is 5.91 Å². The van der Waals surface area contributed by atoms with Gasteiger partial charge in [-0.05, 0) is 45.8 Å². The lowest BCUT2D eigenvalue weighted by molar-refractivity contribution is -0.117. The molecule has 1 aliphatic rings. The van der Waals surface area contributed by atoms with Gasteiger partial charge in [0.15, 0.2) is 0 Å². The molecule has 0 radical (unpaired) electrons. The molecule has 1 atom stereocenters. The molecule has 1 fully saturated rings. The standard InChI is InChI=1S/C11H11BrClNOS/c12-9-4-8(1-2-10(9)13)14-5-7(6-16)3-11(14)15/h1-2,4,7,16H,3,5-6H2. The summed E-state index contributed by atoms with van der Waals surface area (Å²) in [6.07, 6.45) is 0.587. The van der Waals surface area contributed by atoms with Crippen LogP contribution in [0.3, 0.4) is 0 Å². The van der Waals surface area contributed by atoms with Crippen molar-refractivity contribution in [3.63, 3.8) is 0 Å². The van der Waals surface area contributed by atoms with Gasteiger partial charge < -0.3 is 4.90 Å². The van der Waals surface area contributed by atoms with E-state index < -0.39 is 0 Å². The summed E-state index contributed by atoms with van der Waals surface area (Å²) in [7, 11) is 0. The van der Waals surface area contributed by atoms with Crippen LogP contribution < -0.4 is 4.90 Å². The Hall–Kier alpha value is -0.190. The van der Waals surface area contributed by atoms with Gasteiger partial charge in [-0.1, -0.05) is 11.6 Å². The quantitative estimate of drug-likeness (QED) is 0.828. The van der Waals surface area contributed by atoms with Crippen LogP contribution in [0, 0.1) is 5.92 Å². The number of hydrogen-bond acceptors (Lipinski definition) is 2. The van der Waals surface area contributed by atoms with Crippen molar-refractivity contribution in [1.82, 2.24) is 0 Å². The number of halogens is 2. The van der Waals surface area contributed by atoms with Crippen molar-refractivity contribution >= 4 is 51.8 Å². The SMILES string of the molecule is O=C1CC(CS)CN1c1ccc(Cl)c(Br)c1. The fourth-order valence-corrected chi connectivity index (χ4v) is 2.54. The molecule has 2 nitrogen and oxygen atoms in total. The minimum absolute atomic E-state index is 0.160. The molecule has 0 spiro atoms. The summed E-state index contributed by atoms with van der Waals surface area (Å²) in [5.41, 5.74) is 0.894. The number of hydrogen-bond donors (Lipinski definition) is 1. The zero-order chi connectivity index (χ0) is 11.7. The molecule has 0 bridgehead atoms. The van der Waals surface area contributed by atoms with Crippen molar-refractivity contribution in [2.75, 3.05) is 17.2 Å². The highest BCUT2D eigenvalue weighted by Crippen LogP contribution is 2.31. The van der Waals surface area contributed by atoms with E-state index in [0.717, 1.165) is 22.5 Å². The van der Waals surface area contributed by atoms with Crippen molar-refractivity contribution in [3.8, 4) is 0 Å². The van der Waals surface area contributed by atoms with Crippen molar-refractivity contribution < 1.29 is 4.79 Å². The molecular formula is C11H11BrClNOS. The fourth-order valence-electron chi connectivity index (χ4n) is 1.81. The average molecular weight is 321 g/mol. The lowest BCUT2D eigenvalue weighted by atomic mass is 10.1. The van der Waals surface area contributed by atoms with Gasteiger partial charge in [0.05, 0.1) is 5.02 Å². The van der Waals surface area contributed by atoms with E-state index in [4.69, 9.17) is 11.6 Å². The van der Waals surface area contributed by atoms with Gasteiger partial charge in [-0.2, -0.15) is 12.6 Å². The van der Waals surface area contributed by atoms with Gasteiger partial charge >= 0.3 is 0 Å². The second-order valence-corrected chi connectivity index (χ2v) is 5.48. The van der Waals surface area contributed by atoms with Crippen LogP contribution in [0.4, 0.5) is 5.69 Å². The van der Waals surface area contributed by atoms with E-state index in [2.05, 4.69) is 28.6 Å². The van der Waals surface area contributed by atoms with Crippen LogP contribution in [-0.2, 0) is 4.79 Å². The maximum atomic E-state index is 11.8. The maximum Gasteiger partial charge on any atom is 0.227 e. The largest absolute Gasteiger partial charge is 0.312 e. The predicted molar refractivity (Wildman–Crippen MR) is 73.5 cm³/mol. The van der Waals surface area contributed by atoms with E-state index in [1.807, 2.05) is 12.1 Å². The highest BCUT2D eigenvalue weighted by molar-refractivity contribution is 9.10. The molecule has 5 heteroatoms. The Morgan fingerprint density at radius 1 is 1.56 bits per heavy atom. The minimum Gasteiger partial charge on any atom is -0.312 e. The number of amides is 1. The third-order valence-corrected chi connectivity index (χ3v) is 4.41. The maximum absolute atomic E-state index is 11.8. The third kappa shape index (κ3) is 2.39. The van der Waals surface area contributed by atoms with Crippen LogP contribution in [0.5, 0.6) is 0 Å². The van der Waals surface area contributed by atoms with Crippen molar-refractivity contribution in [1.29, 1.82) is 0 Å². The topological polar surface area (TPSA) is 20.3 Å². The molecule has 0 saturated carbocycles. The molecule has 0 aliphatic carbocycles. The molecule has 0 N–H and O–H groups in total. The van der Waals surface area contributed by atoms with Crippen LogP contribution in [0.2, 0.25) is 5.02 Å². The molecule has 86 valence electrons. The van der Waals surface area contributed by atoms with Crippen LogP contribution in [0.25, 0.3) is 0 Å². The van der Waals surface area contributed by atoms with E-state index >= 15 is 0 Å². The zero-order valence-electron chi connectivity index (χ0n) is 8.49. The van der Waals surface area contributed by atoms with Crippen molar-refractivity contribution in [2.45, 2.75) is 6.42 Å². The average Bonchev–Trinajstić information content (AvgIpc) is 2.64. The van der Waals surface area contributed by atoms with E-state index in [1.165, 1.54) is 0 Å². The molecule has 1 amide bonds. The lowest BCUT2D eigenvalue weighted by Crippen LogP contribution is -2.24. The molecule has 1 aromatic rings. The number of anilines is 1. The molecule has 1 heterocycles.